The number of ketones is 1. The third-order valence-electron chi connectivity index (χ3n) is 3.90. The van der Waals surface area contributed by atoms with Gasteiger partial charge in [0.2, 0.25) is 11.8 Å². The predicted molar refractivity (Wildman–Crippen MR) is 86.9 cm³/mol. The third kappa shape index (κ3) is 3.26. The number of fused-ring (bicyclic) bond motifs is 1. The molecule has 3 N–H and O–H groups in total. The minimum absolute atomic E-state index is 0.315. The maximum atomic E-state index is 12.3. The van der Waals surface area contributed by atoms with E-state index in [4.69, 9.17) is 5.11 Å². The second-order valence-electron chi connectivity index (χ2n) is 5.55. The standard InChI is InChI=1S/C13H9N3O3.C4H9N/c17-12-10(9-5-6-14-16-9)7-3-1-2-4-8(7)15-11(12)13(18)19;1-2-4-5-3-1/h1-6,11H,(H,14,16)(H,18,19);5H,1-4H2. The van der Waals surface area contributed by atoms with Crippen LogP contribution >= 0.6 is 0 Å². The van der Waals surface area contributed by atoms with Gasteiger partial charge in [-0.15, -0.1) is 0 Å². The Morgan fingerprint density at radius 1 is 1.17 bits per heavy atom. The summed E-state index contributed by atoms with van der Waals surface area (Å²) >= 11 is 0. The number of nitrogens with one attached hydrogen (secondary N) is 2. The van der Waals surface area contributed by atoms with E-state index in [1.54, 1.807) is 30.3 Å². The van der Waals surface area contributed by atoms with Gasteiger partial charge in [0.05, 0.1) is 16.6 Å². The molecule has 3 heterocycles. The summed E-state index contributed by atoms with van der Waals surface area (Å²) in [6, 6.07) is 7.20. The molecular formula is C17H18N4O3. The fourth-order valence-corrected chi connectivity index (χ4v) is 2.73. The Morgan fingerprint density at radius 2 is 1.92 bits per heavy atom. The van der Waals surface area contributed by atoms with E-state index in [1.165, 1.54) is 32.1 Å². The van der Waals surface area contributed by atoms with Crippen molar-refractivity contribution in [3.63, 3.8) is 0 Å². The van der Waals surface area contributed by atoms with Crippen molar-refractivity contribution in [3.8, 4) is 0 Å². The van der Waals surface area contributed by atoms with Gasteiger partial charge in [0, 0.05) is 11.4 Å². The molecule has 0 spiro atoms. The van der Waals surface area contributed by atoms with Crippen molar-refractivity contribution >= 4 is 17.3 Å². The lowest BCUT2D eigenvalue weighted by Crippen LogP contribution is -2.43. The molecule has 2 aliphatic rings. The summed E-state index contributed by atoms with van der Waals surface area (Å²) in [5, 5.41) is 19.9. The summed E-state index contributed by atoms with van der Waals surface area (Å²) in [7, 11) is 0. The van der Waals surface area contributed by atoms with Crippen molar-refractivity contribution in [2.24, 2.45) is 4.99 Å². The number of carboxylic acid groups (broad SMARTS) is 1. The molecule has 1 aromatic heterocycles. The molecule has 7 heteroatoms. The van der Waals surface area contributed by atoms with Gasteiger partial charge in [-0.2, -0.15) is 5.10 Å². The number of carbonyl (C=O) groups is 2. The molecule has 124 valence electrons. The largest absolute Gasteiger partial charge is 0.479 e. The van der Waals surface area contributed by atoms with Crippen LogP contribution in [0.25, 0.3) is 5.57 Å². The van der Waals surface area contributed by atoms with Crippen LogP contribution in [0, 0.1) is 0 Å². The van der Waals surface area contributed by atoms with E-state index in [9.17, 15) is 9.59 Å². The van der Waals surface area contributed by atoms with Crippen LogP contribution in [-0.4, -0.2) is 46.2 Å². The van der Waals surface area contributed by atoms with Crippen LogP contribution in [0.1, 0.15) is 18.5 Å². The molecule has 1 fully saturated rings. The lowest BCUT2D eigenvalue weighted by Gasteiger charge is -2.13. The first-order valence-electron chi connectivity index (χ1n) is 7.83. The third-order valence-corrected chi connectivity index (χ3v) is 3.90. The number of carbonyl (C=O) groups excluding carboxylic acids is 1. The topological polar surface area (TPSA) is 107 Å². The summed E-state index contributed by atoms with van der Waals surface area (Å²) in [4.78, 5) is 27.4. The molecule has 0 aliphatic carbocycles. The average Bonchev–Trinajstić information content (AvgIpc) is 3.30. The van der Waals surface area contributed by atoms with Crippen LogP contribution in [-0.2, 0) is 9.59 Å². The molecule has 24 heavy (non-hydrogen) atoms. The predicted octanol–water partition coefficient (Wildman–Crippen LogP) is -0.366. The molecule has 1 aromatic carbocycles. The second kappa shape index (κ2) is 7.18. The lowest BCUT2D eigenvalue weighted by atomic mass is 9.96. The van der Waals surface area contributed by atoms with Crippen molar-refractivity contribution in [2.75, 3.05) is 13.1 Å². The van der Waals surface area contributed by atoms with Crippen LogP contribution in [0.2, 0.25) is 0 Å². The van der Waals surface area contributed by atoms with E-state index in [1.807, 2.05) is 0 Å². The van der Waals surface area contributed by atoms with Crippen molar-refractivity contribution in [1.29, 1.82) is 0 Å². The van der Waals surface area contributed by atoms with Crippen LogP contribution in [0.15, 0.2) is 41.5 Å². The maximum Gasteiger partial charge on any atom is 0.336 e. The highest BCUT2D eigenvalue weighted by atomic mass is 16.4. The first kappa shape index (κ1) is 16.1. The fraction of sp³-hybridized carbons (Fsp3) is 0.294. The van der Waals surface area contributed by atoms with Gasteiger partial charge in [-0.25, -0.2) is 4.79 Å². The Hall–Kier alpha value is -2.80. The quantitative estimate of drug-likeness (QED) is 0.653. The normalized spacial score (nSPS) is 19.1. The molecule has 0 bridgehead atoms. The zero-order chi connectivity index (χ0) is 16.9. The Morgan fingerprint density at radius 3 is 2.50 bits per heavy atom. The SMILES string of the molecule is C1CCNC1.O=C(O)C1N=c2ccccc2=C(c2ccn[nH]2)C1=O. The number of rotatable bonds is 2. The van der Waals surface area contributed by atoms with Gasteiger partial charge in [0.1, 0.15) is 0 Å². The van der Waals surface area contributed by atoms with Crippen LogP contribution in [0.4, 0.5) is 0 Å². The molecular weight excluding hydrogens is 308 g/mol. The molecule has 2 aliphatic heterocycles. The molecule has 1 saturated heterocycles. The van der Waals surface area contributed by atoms with Gasteiger partial charge >= 0.3 is 5.97 Å². The Balaban J connectivity index is 0.000000290. The number of aliphatic carboxylic acids is 1. The number of hydrogen-bond acceptors (Lipinski definition) is 5. The molecule has 0 radical (unpaired) electrons. The first-order chi connectivity index (χ1) is 11.7. The molecule has 1 unspecified atom stereocenters. The summed E-state index contributed by atoms with van der Waals surface area (Å²) < 4.78 is 0. The lowest BCUT2D eigenvalue weighted by molar-refractivity contribution is -0.141. The highest BCUT2D eigenvalue weighted by Gasteiger charge is 2.32. The minimum atomic E-state index is -1.40. The van der Waals surface area contributed by atoms with Gasteiger partial charge < -0.3 is 10.4 Å². The zero-order valence-corrected chi connectivity index (χ0v) is 13.0. The molecule has 0 saturated carbocycles. The summed E-state index contributed by atoms with van der Waals surface area (Å²) in [5.74, 6) is -1.79. The highest BCUT2D eigenvalue weighted by molar-refractivity contribution is 6.28. The Kier molecular flexibility index (Phi) is 4.81. The van der Waals surface area contributed by atoms with Gasteiger partial charge in [-0.05, 0) is 38.1 Å². The van der Waals surface area contributed by atoms with Crippen molar-refractivity contribution < 1.29 is 14.7 Å². The van der Waals surface area contributed by atoms with E-state index in [-0.39, 0.29) is 0 Å². The minimum Gasteiger partial charge on any atom is -0.479 e. The summed E-state index contributed by atoms with van der Waals surface area (Å²) in [5.41, 5.74) is 0.814. The molecule has 4 rings (SSSR count). The second-order valence-corrected chi connectivity index (χ2v) is 5.55. The highest BCUT2D eigenvalue weighted by Crippen LogP contribution is 2.14. The van der Waals surface area contributed by atoms with Crippen LogP contribution in [0.3, 0.4) is 0 Å². The fourth-order valence-electron chi connectivity index (χ4n) is 2.73. The van der Waals surface area contributed by atoms with Gasteiger partial charge in [0.15, 0.2) is 0 Å². The number of hydrogen-bond donors (Lipinski definition) is 3. The van der Waals surface area contributed by atoms with Gasteiger partial charge in [-0.1, -0.05) is 18.2 Å². The number of nitrogens with zero attached hydrogens (tertiary/aromatic N) is 2. The van der Waals surface area contributed by atoms with E-state index >= 15 is 0 Å². The molecule has 0 amide bonds. The Bertz CT molecular complexity index is 847. The molecule has 1 atom stereocenters. The zero-order valence-electron chi connectivity index (χ0n) is 13.0. The van der Waals surface area contributed by atoms with E-state index in [2.05, 4.69) is 20.5 Å². The van der Waals surface area contributed by atoms with Crippen LogP contribution < -0.4 is 15.9 Å². The number of para-hydroxylation sites is 1. The maximum absolute atomic E-state index is 12.3. The van der Waals surface area contributed by atoms with Gasteiger partial charge in [-0.3, -0.25) is 14.9 Å². The van der Waals surface area contributed by atoms with Crippen molar-refractivity contribution in [2.45, 2.75) is 18.9 Å². The van der Waals surface area contributed by atoms with Crippen LogP contribution in [0.5, 0.6) is 0 Å². The number of aromatic nitrogens is 2. The number of Topliss-reactive ketones (excluding diaryl/α,β-unsaturated/α-hetero) is 1. The number of benzene rings is 1. The van der Waals surface area contributed by atoms with E-state index in [0.29, 0.717) is 21.8 Å². The number of carboxylic acids is 1. The smallest absolute Gasteiger partial charge is 0.336 e. The molecule has 7 nitrogen and oxygen atoms in total. The summed E-state index contributed by atoms with van der Waals surface area (Å²) in [6.45, 7) is 2.50. The van der Waals surface area contributed by atoms with Crippen molar-refractivity contribution in [1.82, 2.24) is 15.5 Å². The van der Waals surface area contributed by atoms with E-state index < -0.39 is 17.8 Å². The summed E-state index contributed by atoms with van der Waals surface area (Å²) in [6.07, 6.45) is 4.29. The monoisotopic (exact) mass is 326 g/mol. The molecule has 2 aromatic rings. The number of aromatic amines is 1. The van der Waals surface area contributed by atoms with E-state index in [0.717, 1.165) is 0 Å². The average molecular weight is 326 g/mol. The Labute approximate surface area is 138 Å². The van der Waals surface area contributed by atoms with Crippen molar-refractivity contribution in [3.05, 3.63) is 52.8 Å². The number of H-pyrrole nitrogens is 1. The first-order valence-corrected chi connectivity index (χ1v) is 7.83. The van der Waals surface area contributed by atoms with Gasteiger partial charge in [0.25, 0.3) is 0 Å².